The number of aromatic nitrogens is 1. The normalized spacial score (nSPS) is 10.6. The fraction of sp³-hybridized carbons (Fsp3) is 0.700. The summed E-state index contributed by atoms with van der Waals surface area (Å²) in [5, 5.41) is 2.89. The van der Waals surface area contributed by atoms with E-state index in [0.29, 0.717) is 18.9 Å². The Labute approximate surface area is 147 Å². The van der Waals surface area contributed by atoms with Gasteiger partial charge in [-0.05, 0) is 18.9 Å². The Morgan fingerprint density at radius 2 is 1.62 bits per heavy atom. The summed E-state index contributed by atoms with van der Waals surface area (Å²) >= 11 is 0. The van der Waals surface area contributed by atoms with E-state index in [-0.39, 0.29) is 5.91 Å². The van der Waals surface area contributed by atoms with Gasteiger partial charge in [-0.3, -0.25) is 4.79 Å². The molecule has 24 heavy (non-hydrogen) atoms. The molecule has 1 aromatic heterocycles. The van der Waals surface area contributed by atoms with Crippen LogP contribution < -0.4 is 10.1 Å². The van der Waals surface area contributed by atoms with Crippen molar-refractivity contribution in [2.45, 2.75) is 84.5 Å². The van der Waals surface area contributed by atoms with Crippen molar-refractivity contribution in [1.29, 1.82) is 0 Å². The molecule has 0 spiro atoms. The highest BCUT2D eigenvalue weighted by Crippen LogP contribution is 2.14. The second-order valence-electron chi connectivity index (χ2n) is 6.36. The maximum Gasteiger partial charge on any atom is 0.224 e. The van der Waals surface area contributed by atoms with E-state index in [1.807, 2.05) is 6.07 Å². The largest absolute Gasteiger partial charge is 0.478 e. The molecule has 0 aliphatic rings. The fourth-order valence-electron chi connectivity index (χ4n) is 2.57. The molecule has 0 radical (unpaired) electrons. The second kappa shape index (κ2) is 13.8. The minimum atomic E-state index is 0.0713. The number of nitrogens with zero attached hydrogens (tertiary/aromatic N) is 1. The van der Waals surface area contributed by atoms with E-state index in [2.05, 4.69) is 24.1 Å². The number of nitrogens with one attached hydrogen (secondary N) is 1. The van der Waals surface area contributed by atoms with Crippen molar-refractivity contribution in [2.75, 3.05) is 11.9 Å². The van der Waals surface area contributed by atoms with Gasteiger partial charge in [-0.1, -0.05) is 65.2 Å². The Kier molecular flexibility index (Phi) is 11.8. The van der Waals surface area contributed by atoms with Crippen LogP contribution in [0.5, 0.6) is 5.88 Å². The third-order valence-electron chi connectivity index (χ3n) is 3.98. The van der Waals surface area contributed by atoms with Crippen LogP contribution in [0, 0.1) is 0 Å². The van der Waals surface area contributed by atoms with Crippen molar-refractivity contribution in [2.24, 2.45) is 0 Å². The van der Waals surface area contributed by atoms with Gasteiger partial charge in [0.15, 0.2) is 0 Å². The van der Waals surface area contributed by atoms with Gasteiger partial charge in [-0.2, -0.15) is 0 Å². The Morgan fingerprint density at radius 3 is 2.21 bits per heavy atom. The van der Waals surface area contributed by atoms with Gasteiger partial charge >= 0.3 is 0 Å². The van der Waals surface area contributed by atoms with Crippen LogP contribution in [0.1, 0.15) is 84.5 Å². The van der Waals surface area contributed by atoms with E-state index in [1.54, 1.807) is 12.3 Å². The lowest BCUT2D eigenvalue weighted by Gasteiger charge is -2.07. The number of amides is 1. The summed E-state index contributed by atoms with van der Waals surface area (Å²) in [4.78, 5) is 16.1. The number of unbranched alkanes of at least 4 members (excludes halogenated alkanes) is 8. The number of hydrogen-bond donors (Lipinski definition) is 1. The molecule has 0 aliphatic heterocycles. The number of anilines is 1. The summed E-state index contributed by atoms with van der Waals surface area (Å²) in [5.74, 6) is 0.677. The zero-order valence-corrected chi connectivity index (χ0v) is 15.5. The van der Waals surface area contributed by atoms with Crippen molar-refractivity contribution in [1.82, 2.24) is 4.98 Å². The molecule has 1 heterocycles. The van der Waals surface area contributed by atoms with Crippen molar-refractivity contribution in [3.63, 3.8) is 0 Å². The van der Waals surface area contributed by atoms with Gasteiger partial charge in [-0.25, -0.2) is 4.98 Å². The SMILES string of the molecule is CCCCCCCCCCCC(=O)Nc1ccc(OCCC)nc1. The molecule has 1 aromatic rings. The zero-order valence-electron chi connectivity index (χ0n) is 15.5. The highest BCUT2D eigenvalue weighted by Gasteiger charge is 2.03. The molecular formula is C20H34N2O2. The molecule has 1 N–H and O–H groups in total. The lowest BCUT2D eigenvalue weighted by molar-refractivity contribution is -0.116. The van der Waals surface area contributed by atoms with E-state index in [4.69, 9.17) is 4.74 Å². The molecule has 0 fully saturated rings. The maximum absolute atomic E-state index is 11.9. The number of carbonyl (C=O) groups is 1. The van der Waals surface area contributed by atoms with Gasteiger partial charge in [0.05, 0.1) is 18.5 Å². The number of carbonyl (C=O) groups excluding carboxylic acids is 1. The van der Waals surface area contributed by atoms with Crippen LogP contribution in [0.3, 0.4) is 0 Å². The summed E-state index contributed by atoms with van der Waals surface area (Å²) < 4.78 is 5.42. The van der Waals surface area contributed by atoms with Crippen molar-refractivity contribution >= 4 is 11.6 Å². The summed E-state index contributed by atoms with van der Waals surface area (Å²) in [5.41, 5.74) is 0.736. The Hall–Kier alpha value is -1.58. The molecule has 0 saturated carbocycles. The van der Waals surface area contributed by atoms with Gasteiger partial charge in [-0.15, -0.1) is 0 Å². The number of ether oxygens (including phenoxy) is 1. The van der Waals surface area contributed by atoms with Crippen LogP contribution >= 0.6 is 0 Å². The average Bonchev–Trinajstić information content (AvgIpc) is 2.60. The van der Waals surface area contributed by atoms with Gasteiger partial charge in [0.25, 0.3) is 0 Å². The number of rotatable bonds is 14. The van der Waals surface area contributed by atoms with Crippen LogP contribution in [0.25, 0.3) is 0 Å². The molecule has 4 heteroatoms. The highest BCUT2D eigenvalue weighted by atomic mass is 16.5. The Morgan fingerprint density at radius 1 is 0.958 bits per heavy atom. The fourth-order valence-corrected chi connectivity index (χ4v) is 2.57. The smallest absolute Gasteiger partial charge is 0.224 e. The molecular weight excluding hydrogens is 300 g/mol. The molecule has 0 saturated heterocycles. The van der Waals surface area contributed by atoms with Gasteiger partial charge < -0.3 is 10.1 Å². The highest BCUT2D eigenvalue weighted by molar-refractivity contribution is 5.90. The maximum atomic E-state index is 11.9. The predicted molar refractivity (Wildman–Crippen MR) is 100 cm³/mol. The first-order valence-corrected chi connectivity index (χ1v) is 9.65. The minimum Gasteiger partial charge on any atom is -0.478 e. The predicted octanol–water partition coefficient (Wildman–Crippen LogP) is 5.73. The van der Waals surface area contributed by atoms with Crippen molar-refractivity contribution < 1.29 is 9.53 Å². The Balaban J connectivity index is 2.05. The minimum absolute atomic E-state index is 0.0713. The van der Waals surface area contributed by atoms with E-state index < -0.39 is 0 Å². The zero-order chi connectivity index (χ0) is 17.5. The molecule has 0 unspecified atom stereocenters. The lowest BCUT2D eigenvalue weighted by atomic mass is 10.1. The van der Waals surface area contributed by atoms with Gasteiger partial charge in [0, 0.05) is 12.5 Å². The van der Waals surface area contributed by atoms with Crippen LogP contribution in [0.2, 0.25) is 0 Å². The van der Waals surface area contributed by atoms with E-state index >= 15 is 0 Å². The first-order chi connectivity index (χ1) is 11.8. The lowest BCUT2D eigenvalue weighted by Crippen LogP contribution is -2.11. The molecule has 1 rings (SSSR count). The summed E-state index contributed by atoms with van der Waals surface area (Å²) in [6, 6.07) is 3.63. The van der Waals surface area contributed by atoms with Crippen LogP contribution in [-0.2, 0) is 4.79 Å². The first-order valence-electron chi connectivity index (χ1n) is 9.65. The third kappa shape index (κ3) is 10.2. The molecule has 0 bridgehead atoms. The number of pyridine rings is 1. The van der Waals surface area contributed by atoms with Gasteiger partial charge in [0.2, 0.25) is 11.8 Å². The monoisotopic (exact) mass is 334 g/mol. The molecule has 4 nitrogen and oxygen atoms in total. The van der Waals surface area contributed by atoms with Gasteiger partial charge in [0.1, 0.15) is 0 Å². The summed E-state index contributed by atoms with van der Waals surface area (Å²) in [6.07, 6.45) is 14.6. The molecule has 0 atom stereocenters. The first kappa shape index (κ1) is 20.5. The van der Waals surface area contributed by atoms with Crippen LogP contribution in [0.15, 0.2) is 18.3 Å². The quantitative estimate of drug-likeness (QED) is 0.442. The number of hydrogen-bond acceptors (Lipinski definition) is 3. The second-order valence-corrected chi connectivity index (χ2v) is 6.36. The molecule has 1 amide bonds. The Bertz CT molecular complexity index is 432. The van der Waals surface area contributed by atoms with Crippen molar-refractivity contribution in [3.05, 3.63) is 18.3 Å². The van der Waals surface area contributed by atoms with E-state index in [1.165, 1.54) is 44.9 Å². The molecule has 136 valence electrons. The topological polar surface area (TPSA) is 51.2 Å². The van der Waals surface area contributed by atoms with Crippen molar-refractivity contribution in [3.8, 4) is 5.88 Å². The third-order valence-corrected chi connectivity index (χ3v) is 3.98. The average molecular weight is 335 g/mol. The standard InChI is InChI=1S/C20H34N2O2/c1-3-5-6-7-8-9-10-11-12-13-19(23)22-18-14-15-20(21-17-18)24-16-4-2/h14-15,17H,3-13,16H2,1-2H3,(H,22,23). The summed E-state index contributed by atoms with van der Waals surface area (Å²) in [7, 11) is 0. The van der Waals surface area contributed by atoms with Crippen LogP contribution in [0.4, 0.5) is 5.69 Å². The molecule has 0 aliphatic carbocycles. The van der Waals surface area contributed by atoms with Crippen LogP contribution in [-0.4, -0.2) is 17.5 Å². The molecule has 0 aromatic carbocycles. The van der Waals surface area contributed by atoms with E-state index in [9.17, 15) is 4.79 Å². The van der Waals surface area contributed by atoms with E-state index in [0.717, 1.165) is 24.9 Å². The summed E-state index contributed by atoms with van der Waals surface area (Å²) in [6.45, 7) is 4.97.